The van der Waals surface area contributed by atoms with Crippen LogP contribution in [0.2, 0.25) is 0 Å². The quantitative estimate of drug-likeness (QED) is 0.735. The molecular weight excluding hydrogens is 339 g/mol. The molecule has 3 amide bonds. The molecule has 3 fully saturated rings. The van der Waals surface area contributed by atoms with E-state index >= 15 is 0 Å². The second-order valence-corrected chi connectivity index (χ2v) is 7.46. The normalized spacial score (nSPS) is 30.2. The van der Waals surface area contributed by atoms with E-state index in [4.69, 9.17) is 0 Å². The third-order valence-electron chi connectivity index (χ3n) is 5.97. The fourth-order valence-electron chi connectivity index (χ4n) is 4.71. The summed E-state index contributed by atoms with van der Waals surface area (Å²) >= 11 is 0. The van der Waals surface area contributed by atoms with Crippen LogP contribution in [0.1, 0.15) is 35.2 Å². The number of piperidine rings is 2. The van der Waals surface area contributed by atoms with Gasteiger partial charge in [0, 0.05) is 55.0 Å². The van der Waals surface area contributed by atoms with Gasteiger partial charge in [-0.15, -0.1) is 0 Å². The van der Waals surface area contributed by atoms with Crippen LogP contribution in [0, 0.1) is 5.82 Å². The first-order valence-electron chi connectivity index (χ1n) is 8.99. The molecule has 0 saturated carbocycles. The Morgan fingerprint density at radius 1 is 1.12 bits per heavy atom. The summed E-state index contributed by atoms with van der Waals surface area (Å²) in [5, 5.41) is 5.64. The van der Waals surface area contributed by atoms with Gasteiger partial charge in [-0.05, 0) is 25.0 Å². The predicted molar refractivity (Wildman–Crippen MR) is 90.0 cm³/mol. The van der Waals surface area contributed by atoms with E-state index in [1.165, 1.54) is 17.0 Å². The van der Waals surface area contributed by atoms with Gasteiger partial charge >= 0.3 is 0 Å². The summed E-state index contributed by atoms with van der Waals surface area (Å²) in [6.45, 7) is 1.98. The molecule has 4 heterocycles. The number of carbonyl (C=O) groups is 3. The van der Waals surface area contributed by atoms with Crippen molar-refractivity contribution in [2.24, 2.45) is 0 Å². The van der Waals surface area contributed by atoms with Crippen molar-refractivity contribution in [3.8, 4) is 0 Å². The van der Waals surface area contributed by atoms with Gasteiger partial charge in [0.2, 0.25) is 11.8 Å². The third-order valence-corrected chi connectivity index (χ3v) is 5.97. The van der Waals surface area contributed by atoms with Crippen molar-refractivity contribution in [1.29, 1.82) is 0 Å². The fourth-order valence-corrected chi connectivity index (χ4v) is 4.71. The fraction of sp³-hybridized carbons (Fsp3) is 0.500. The van der Waals surface area contributed by atoms with Crippen molar-refractivity contribution >= 4 is 23.4 Å². The Kier molecular flexibility index (Phi) is 3.34. The van der Waals surface area contributed by atoms with E-state index in [1.54, 1.807) is 0 Å². The minimum absolute atomic E-state index is 0.208. The molecule has 1 aromatic carbocycles. The highest BCUT2D eigenvalue weighted by Crippen LogP contribution is 2.41. The molecule has 3 saturated heterocycles. The molecule has 2 bridgehead atoms. The van der Waals surface area contributed by atoms with E-state index in [-0.39, 0.29) is 24.8 Å². The van der Waals surface area contributed by atoms with E-state index in [0.29, 0.717) is 24.1 Å². The maximum absolute atomic E-state index is 14.3. The molecule has 7 nitrogen and oxygen atoms in total. The number of piperazine rings is 1. The average Bonchev–Trinajstić information content (AvgIpc) is 2.92. The first-order chi connectivity index (χ1) is 12.5. The number of fused-ring (bicyclic) bond motifs is 3. The van der Waals surface area contributed by atoms with Gasteiger partial charge in [0.25, 0.3) is 5.91 Å². The number of hydrogen-bond acceptors (Lipinski definition) is 5. The van der Waals surface area contributed by atoms with Crippen LogP contribution in [0.15, 0.2) is 12.1 Å². The lowest BCUT2D eigenvalue weighted by Crippen LogP contribution is -2.68. The van der Waals surface area contributed by atoms with Gasteiger partial charge in [0.15, 0.2) is 0 Å². The van der Waals surface area contributed by atoms with Crippen molar-refractivity contribution < 1.29 is 18.8 Å². The molecule has 3 unspecified atom stereocenters. The second kappa shape index (κ2) is 5.51. The molecular formula is C18H19FN4O3. The Bertz CT molecular complexity index is 828. The molecule has 0 aromatic heterocycles. The molecule has 0 aliphatic carbocycles. The molecule has 3 atom stereocenters. The Hall–Kier alpha value is -2.48. The highest BCUT2D eigenvalue weighted by atomic mass is 19.1. The monoisotopic (exact) mass is 358 g/mol. The number of benzene rings is 1. The number of anilines is 1. The molecule has 4 aliphatic heterocycles. The molecule has 136 valence electrons. The Balaban J connectivity index is 1.49. The number of nitrogens with zero attached hydrogens (tertiary/aromatic N) is 2. The van der Waals surface area contributed by atoms with Crippen LogP contribution in [0.3, 0.4) is 0 Å². The summed E-state index contributed by atoms with van der Waals surface area (Å²) in [5.41, 5.74) is 1.89. The van der Waals surface area contributed by atoms with Crippen LogP contribution < -0.4 is 15.5 Å². The van der Waals surface area contributed by atoms with Gasteiger partial charge in [-0.25, -0.2) is 4.39 Å². The summed E-state index contributed by atoms with van der Waals surface area (Å²) < 4.78 is 14.3. The van der Waals surface area contributed by atoms with Crippen molar-refractivity contribution in [2.75, 3.05) is 18.0 Å². The zero-order valence-electron chi connectivity index (χ0n) is 14.1. The van der Waals surface area contributed by atoms with Crippen molar-refractivity contribution in [3.63, 3.8) is 0 Å². The number of rotatable bonds is 2. The predicted octanol–water partition coefficient (Wildman–Crippen LogP) is 0.137. The van der Waals surface area contributed by atoms with Gasteiger partial charge in [-0.3, -0.25) is 19.7 Å². The summed E-state index contributed by atoms with van der Waals surface area (Å²) in [4.78, 5) is 40.1. The lowest BCUT2D eigenvalue weighted by atomic mass is 9.87. The first kappa shape index (κ1) is 15.7. The number of amides is 3. The van der Waals surface area contributed by atoms with E-state index in [2.05, 4.69) is 15.5 Å². The minimum atomic E-state index is -0.680. The van der Waals surface area contributed by atoms with Crippen molar-refractivity contribution in [3.05, 3.63) is 29.1 Å². The summed E-state index contributed by atoms with van der Waals surface area (Å²) in [6.07, 6.45) is 1.59. The molecule has 8 heteroatoms. The van der Waals surface area contributed by atoms with Gasteiger partial charge in [-0.2, -0.15) is 0 Å². The molecule has 5 rings (SSSR count). The molecule has 1 aromatic rings. The SMILES string of the molecule is O=C1CCC(N2Cc3c(cc(F)cc3N3C4CNCC3C4)C2=O)C(=O)N1. The molecule has 0 radical (unpaired) electrons. The minimum Gasteiger partial charge on any atom is -0.362 e. The van der Waals surface area contributed by atoms with Gasteiger partial charge in [0.1, 0.15) is 11.9 Å². The Morgan fingerprint density at radius 2 is 1.88 bits per heavy atom. The van der Waals surface area contributed by atoms with E-state index in [1.807, 2.05) is 0 Å². The zero-order chi connectivity index (χ0) is 18.0. The molecule has 2 N–H and O–H groups in total. The highest BCUT2D eigenvalue weighted by molar-refractivity contribution is 6.06. The topological polar surface area (TPSA) is 81.8 Å². The van der Waals surface area contributed by atoms with Crippen LogP contribution in [0.25, 0.3) is 0 Å². The van der Waals surface area contributed by atoms with Crippen LogP contribution in [0.5, 0.6) is 0 Å². The third kappa shape index (κ3) is 2.18. The smallest absolute Gasteiger partial charge is 0.255 e. The van der Waals surface area contributed by atoms with Gasteiger partial charge in [-0.1, -0.05) is 0 Å². The summed E-state index contributed by atoms with van der Waals surface area (Å²) in [6, 6.07) is 2.73. The van der Waals surface area contributed by atoms with Gasteiger partial charge in [0.05, 0.1) is 0 Å². The van der Waals surface area contributed by atoms with Crippen LogP contribution in [0.4, 0.5) is 10.1 Å². The maximum atomic E-state index is 14.3. The molecule has 0 spiro atoms. The van der Waals surface area contributed by atoms with E-state index in [0.717, 1.165) is 30.8 Å². The van der Waals surface area contributed by atoms with Gasteiger partial charge < -0.3 is 15.1 Å². The number of halogens is 1. The lowest BCUT2D eigenvalue weighted by Gasteiger charge is -2.55. The average molecular weight is 358 g/mol. The number of hydrogen-bond donors (Lipinski definition) is 2. The molecule has 4 aliphatic rings. The van der Waals surface area contributed by atoms with E-state index < -0.39 is 17.8 Å². The Morgan fingerprint density at radius 3 is 2.58 bits per heavy atom. The van der Waals surface area contributed by atoms with Crippen LogP contribution in [-0.2, 0) is 16.1 Å². The molecule has 26 heavy (non-hydrogen) atoms. The van der Waals surface area contributed by atoms with Crippen molar-refractivity contribution in [2.45, 2.75) is 43.9 Å². The first-order valence-corrected chi connectivity index (χ1v) is 8.99. The zero-order valence-corrected chi connectivity index (χ0v) is 14.1. The van der Waals surface area contributed by atoms with Crippen LogP contribution >= 0.6 is 0 Å². The number of carbonyl (C=O) groups excluding carboxylic acids is 3. The lowest BCUT2D eigenvalue weighted by molar-refractivity contribution is -0.136. The van der Waals surface area contributed by atoms with E-state index in [9.17, 15) is 18.8 Å². The number of nitrogens with one attached hydrogen (secondary N) is 2. The number of imide groups is 1. The Labute approximate surface area is 149 Å². The summed E-state index contributed by atoms with van der Waals surface area (Å²) in [7, 11) is 0. The second-order valence-electron chi connectivity index (χ2n) is 7.46. The summed E-state index contributed by atoms with van der Waals surface area (Å²) in [5.74, 6) is -1.54. The largest absolute Gasteiger partial charge is 0.362 e. The maximum Gasteiger partial charge on any atom is 0.255 e. The van der Waals surface area contributed by atoms with Crippen LogP contribution in [-0.4, -0.2) is 53.8 Å². The highest BCUT2D eigenvalue weighted by Gasteiger charge is 2.45. The van der Waals surface area contributed by atoms with Crippen molar-refractivity contribution in [1.82, 2.24) is 15.5 Å². The standard InChI is InChI=1S/C18H19FN4O3/c19-9-3-12-13(15(4-9)23-10-5-11(23)7-20-6-10)8-22(18(12)26)14-1-2-16(24)21-17(14)25/h3-4,10-11,14,20H,1-2,5-8H2,(H,21,24,25).